The number of carboxylic acid groups (broad SMARTS) is 1. The zero-order chi connectivity index (χ0) is 11.3. The normalized spacial score (nSPS) is 10.3. The van der Waals surface area contributed by atoms with Crippen molar-refractivity contribution >= 4 is 17.7 Å². The van der Waals surface area contributed by atoms with Gasteiger partial charge in [0, 0.05) is 11.5 Å². The van der Waals surface area contributed by atoms with Crippen LogP contribution < -0.4 is 0 Å². The van der Waals surface area contributed by atoms with E-state index >= 15 is 0 Å². The van der Waals surface area contributed by atoms with Crippen molar-refractivity contribution in [3.05, 3.63) is 35.1 Å². The molecule has 0 saturated carbocycles. The highest BCUT2D eigenvalue weighted by Crippen LogP contribution is 2.17. The van der Waals surface area contributed by atoms with Crippen LogP contribution in [0.15, 0.2) is 18.2 Å². The summed E-state index contributed by atoms with van der Waals surface area (Å²) in [5.41, 5.74) is 1.98. The Morgan fingerprint density at radius 1 is 1.53 bits per heavy atom. The molecule has 0 aliphatic rings. The van der Waals surface area contributed by atoms with E-state index in [1.165, 1.54) is 23.9 Å². The van der Waals surface area contributed by atoms with Gasteiger partial charge in [0.15, 0.2) is 0 Å². The largest absolute Gasteiger partial charge is 0.481 e. The zero-order valence-corrected chi connectivity index (χ0v) is 9.31. The first-order chi connectivity index (χ1) is 7.09. The molecule has 0 spiro atoms. The number of hydrogen-bond donors (Lipinski definition) is 1. The van der Waals surface area contributed by atoms with Crippen LogP contribution in [0.3, 0.4) is 0 Å². The number of rotatable bonds is 5. The molecular formula is C11H13FO2S. The first kappa shape index (κ1) is 12.0. The Labute approximate surface area is 92.5 Å². The number of aliphatic carboxylic acids is 1. The van der Waals surface area contributed by atoms with Gasteiger partial charge in [-0.2, -0.15) is 11.8 Å². The summed E-state index contributed by atoms with van der Waals surface area (Å²) < 4.78 is 12.9. The second kappa shape index (κ2) is 5.75. The summed E-state index contributed by atoms with van der Waals surface area (Å²) in [6.45, 7) is 1.92. The van der Waals surface area contributed by atoms with Crippen LogP contribution in [0.5, 0.6) is 0 Å². The van der Waals surface area contributed by atoms with Gasteiger partial charge in [-0.25, -0.2) is 4.39 Å². The van der Waals surface area contributed by atoms with E-state index in [2.05, 4.69) is 0 Å². The van der Waals surface area contributed by atoms with Crippen molar-refractivity contribution in [2.45, 2.75) is 19.1 Å². The van der Waals surface area contributed by atoms with E-state index in [0.717, 1.165) is 11.1 Å². The van der Waals surface area contributed by atoms with E-state index in [4.69, 9.17) is 5.11 Å². The van der Waals surface area contributed by atoms with Crippen molar-refractivity contribution in [3.8, 4) is 0 Å². The third-order valence-electron chi connectivity index (χ3n) is 2.03. The maximum Gasteiger partial charge on any atom is 0.304 e. The lowest BCUT2D eigenvalue weighted by Crippen LogP contribution is -1.97. The number of benzene rings is 1. The van der Waals surface area contributed by atoms with Gasteiger partial charge in [0.25, 0.3) is 0 Å². The van der Waals surface area contributed by atoms with Gasteiger partial charge < -0.3 is 5.11 Å². The summed E-state index contributed by atoms with van der Waals surface area (Å²) in [6, 6.07) is 4.67. The molecule has 82 valence electrons. The smallest absolute Gasteiger partial charge is 0.304 e. The highest BCUT2D eigenvalue weighted by atomic mass is 32.2. The number of hydrogen-bond acceptors (Lipinski definition) is 2. The molecule has 0 aliphatic carbocycles. The van der Waals surface area contributed by atoms with E-state index in [9.17, 15) is 9.18 Å². The number of carboxylic acids is 1. The minimum atomic E-state index is -0.793. The van der Waals surface area contributed by atoms with Gasteiger partial charge in [-0.1, -0.05) is 6.07 Å². The molecule has 0 aromatic heterocycles. The predicted molar refractivity (Wildman–Crippen MR) is 59.6 cm³/mol. The molecule has 1 rings (SSSR count). The second-order valence-corrected chi connectivity index (χ2v) is 4.37. The lowest BCUT2D eigenvalue weighted by molar-refractivity contribution is -0.136. The minimum absolute atomic E-state index is 0.152. The van der Waals surface area contributed by atoms with Crippen molar-refractivity contribution in [1.29, 1.82) is 0 Å². The van der Waals surface area contributed by atoms with E-state index in [1.807, 2.05) is 6.92 Å². The molecule has 1 aromatic carbocycles. The minimum Gasteiger partial charge on any atom is -0.481 e. The second-order valence-electron chi connectivity index (χ2n) is 3.27. The lowest BCUT2D eigenvalue weighted by Gasteiger charge is -2.04. The highest BCUT2D eigenvalue weighted by Gasteiger charge is 2.02. The molecule has 2 nitrogen and oxygen atoms in total. The van der Waals surface area contributed by atoms with Crippen molar-refractivity contribution < 1.29 is 14.3 Å². The first-order valence-electron chi connectivity index (χ1n) is 4.64. The maximum atomic E-state index is 12.9. The summed E-state index contributed by atoms with van der Waals surface area (Å²) in [5, 5.41) is 8.44. The molecule has 0 unspecified atom stereocenters. The van der Waals surface area contributed by atoms with Crippen LogP contribution >= 0.6 is 11.8 Å². The molecule has 4 heteroatoms. The Morgan fingerprint density at radius 3 is 2.93 bits per heavy atom. The molecule has 0 radical (unpaired) electrons. The third-order valence-corrected chi connectivity index (χ3v) is 3.04. The van der Waals surface area contributed by atoms with Crippen molar-refractivity contribution in [3.63, 3.8) is 0 Å². The summed E-state index contributed by atoms with van der Waals surface area (Å²) >= 11 is 1.51. The van der Waals surface area contributed by atoms with Crippen molar-refractivity contribution in [2.75, 3.05) is 5.75 Å². The number of thioether (sulfide) groups is 1. The van der Waals surface area contributed by atoms with Crippen LogP contribution in [-0.4, -0.2) is 16.8 Å². The first-order valence-corrected chi connectivity index (χ1v) is 5.79. The summed E-state index contributed by atoms with van der Waals surface area (Å²) in [7, 11) is 0. The average molecular weight is 228 g/mol. The molecule has 0 atom stereocenters. The molecule has 0 amide bonds. The molecule has 15 heavy (non-hydrogen) atoms. The molecule has 0 saturated heterocycles. The Hall–Kier alpha value is -1.03. The monoisotopic (exact) mass is 228 g/mol. The van der Waals surface area contributed by atoms with Gasteiger partial charge in [-0.15, -0.1) is 0 Å². The molecule has 0 heterocycles. The SMILES string of the molecule is Cc1ccc(F)cc1CSCCC(=O)O. The van der Waals surface area contributed by atoms with Crippen LogP contribution in [-0.2, 0) is 10.5 Å². The summed E-state index contributed by atoms with van der Waals surface area (Å²) in [4.78, 5) is 10.3. The fraction of sp³-hybridized carbons (Fsp3) is 0.364. The quantitative estimate of drug-likeness (QED) is 0.787. The van der Waals surface area contributed by atoms with Crippen molar-refractivity contribution in [1.82, 2.24) is 0 Å². The Kier molecular flexibility index (Phi) is 4.62. The standard InChI is InChI=1S/C11H13FO2S/c1-8-2-3-10(12)6-9(8)7-15-5-4-11(13)14/h2-3,6H,4-5,7H2,1H3,(H,13,14). The molecule has 1 aromatic rings. The summed E-state index contributed by atoms with van der Waals surface area (Å²) in [5.74, 6) is 0.190. The Morgan fingerprint density at radius 2 is 2.27 bits per heavy atom. The molecule has 0 fully saturated rings. The van der Waals surface area contributed by atoms with Crippen LogP contribution in [0.2, 0.25) is 0 Å². The Bertz CT molecular complexity index is 352. The third kappa shape index (κ3) is 4.34. The van der Waals surface area contributed by atoms with Crippen LogP contribution in [0, 0.1) is 12.7 Å². The number of halogens is 1. The van der Waals surface area contributed by atoms with Gasteiger partial charge >= 0.3 is 5.97 Å². The number of carbonyl (C=O) groups is 1. The fourth-order valence-electron chi connectivity index (χ4n) is 1.14. The van der Waals surface area contributed by atoms with Crippen molar-refractivity contribution in [2.24, 2.45) is 0 Å². The van der Waals surface area contributed by atoms with Crippen LogP contribution in [0.4, 0.5) is 4.39 Å². The van der Waals surface area contributed by atoms with Crippen LogP contribution in [0.1, 0.15) is 17.5 Å². The van der Waals surface area contributed by atoms with Gasteiger partial charge in [-0.05, 0) is 30.2 Å². The van der Waals surface area contributed by atoms with Gasteiger partial charge in [-0.3, -0.25) is 4.79 Å². The maximum absolute atomic E-state index is 12.9. The Balaban J connectivity index is 2.43. The van der Waals surface area contributed by atoms with Gasteiger partial charge in [0.1, 0.15) is 5.82 Å². The predicted octanol–water partition coefficient (Wildman–Crippen LogP) is 2.84. The van der Waals surface area contributed by atoms with E-state index < -0.39 is 5.97 Å². The molecular weight excluding hydrogens is 215 g/mol. The van der Waals surface area contributed by atoms with E-state index in [0.29, 0.717) is 11.5 Å². The van der Waals surface area contributed by atoms with Crippen LogP contribution in [0.25, 0.3) is 0 Å². The zero-order valence-electron chi connectivity index (χ0n) is 8.50. The number of aryl methyl sites for hydroxylation is 1. The van der Waals surface area contributed by atoms with E-state index in [1.54, 1.807) is 6.07 Å². The van der Waals surface area contributed by atoms with E-state index in [-0.39, 0.29) is 12.2 Å². The highest BCUT2D eigenvalue weighted by molar-refractivity contribution is 7.98. The topological polar surface area (TPSA) is 37.3 Å². The lowest BCUT2D eigenvalue weighted by atomic mass is 10.1. The van der Waals surface area contributed by atoms with Gasteiger partial charge in [0.05, 0.1) is 6.42 Å². The average Bonchev–Trinajstić information content (AvgIpc) is 2.17. The fourth-order valence-corrected chi connectivity index (χ4v) is 2.13. The van der Waals surface area contributed by atoms with Gasteiger partial charge in [0.2, 0.25) is 0 Å². The molecule has 1 N–H and O–H groups in total. The summed E-state index contributed by atoms with van der Waals surface area (Å²) in [6.07, 6.45) is 0.152. The molecule has 0 bridgehead atoms. The molecule has 0 aliphatic heterocycles.